The van der Waals surface area contributed by atoms with Crippen molar-refractivity contribution in [2.24, 2.45) is 11.8 Å². The molecule has 1 aliphatic carbocycles. The zero-order chi connectivity index (χ0) is 15.2. The molecule has 1 fully saturated rings. The van der Waals surface area contributed by atoms with Crippen molar-refractivity contribution in [3.05, 3.63) is 29.8 Å². The van der Waals surface area contributed by atoms with Gasteiger partial charge in [-0.25, -0.2) is 0 Å². The molecule has 1 aromatic rings. The predicted molar refractivity (Wildman–Crippen MR) is 82.2 cm³/mol. The van der Waals surface area contributed by atoms with Gasteiger partial charge in [-0.3, -0.25) is 9.59 Å². The van der Waals surface area contributed by atoms with E-state index >= 15 is 0 Å². The minimum absolute atomic E-state index is 0.0141. The van der Waals surface area contributed by atoms with Gasteiger partial charge in [0.05, 0.1) is 6.42 Å². The normalized spacial score (nSPS) is 16.6. The second kappa shape index (κ2) is 7.25. The third-order valence-corrected chi connectivity index (χ3v) is 4.23. The number of para-hydroxylation sites is 1. The molecule has 21 heavy (non-hydrogen) atoms. The number of hydrogen-bond donors (Lipinski definition) is 2. The number of benzene rings is 1. The molecule has 114 valence electrons. The summed E-state index contributed by atoms with van der Waals surface area (Å²) in [4.78, 5) is 23.1. The molecule has 1 unspecified atom stereocenters. The largest absolute Gasteiger partial charge is 0.481 e. The summed E-state index contributed by atoms with van der Waals surface area (Å²) >= 11 is 0. The van der Waals surface area contributed by atoms with Crippen molar-refractivity contribution in [3.63, 3.8) is 0 Å². The maximum absolute atomic E-state index is 12.3. The van der Waals surface area contributed by atoms with Crippen LogP contribution >= 0.6 is 0 Å². The Morgan fingerprint density at radius 1 is 1.29 bits per heavy atom. The molecule has 0 saturated heterocycles. The smallest absolute Gasteiger partial charge is 0.307 e. The van der Waals surface area contributed by atoms with E-state index in [0.29, 0.717) is 17.2 Å². The maximum atomic E-state index is 12.3. The lowest BCUT2D eigenvalue weighted by Crippen LogP contribution is -2.23. The lowest BCUT2D eigenvalue weighted by Gasteiger charge is -2.17. The highest BCUT2D eigenvalue weighted by Crippen LogP contribution is 2.30. The molecule has 1 aliphatic rings. The van der Waals surface area contributed by atoms with Gasteiger partial charge in [0.2, 0.25) is 5.91 Å². The van der Waals surface area contributed by atoms with E-state index in [1.165, 1.54) is 25.7 Å². The first-order valence-electron chi connectivity index (χ1n) is 7.67. The van der Waals surface area contributed by atoms with Crippen LogP contribution in [0.25, 0.3) is 0 Å². The summed E-state index contributed by atoms with van der Waals surface area (Å²) in [5.74, 6) is -0.276. The van der Waals surface area contributed by atoms with Crippen LogP contribution in [0, 0.1) is 11.8 Å². The molecule has 1 atom stereocenters. The lowest BCUT2D eigenvalue weighted by atomic mass is 9.94. The summed E-state index contributed by atoms with van der Waals surface area (Å²) in [7, 11) is 0. The summed E-state index contributed by atoms with van der Waals surface area (Å²) in [6, 6.07) is 7.10. The Morgan fingerprint density at radius 2 is 1.95 bits per heavy atom. The minimum atomic E-state index is -0.893. The van der Waals surface area contributed by atoms with Crippen LogP contribution in [0.15, 0.2) is 24.3 Å². The van der Waals surface area contributed by atoms with Gasteiger partial charge in [0, 0.05) is 11.6 Å². The van der Waals surface area contributed by atoms with Gasteiger partial charge in [-0.05, 0) is 24.0 Å². The summed E-state index contributed by atoms with van der Waals surface area (Å²) in [6.45, 7) is 1.95. The highest BCUT2D eigenvalue weighted by atomic mass is 16.4. The minimum Gasteiger partial charge on any atom is -0.481 e. The monoisotopic (exact) mass is 289 g/mol. The average molecular weight is 289 g/mol. The van der Waals surface area contributed by atoms with E-state index in [9.17, 15) is 9.59 Å². The van der Waals surface area contributed by atoms with Gasteiger partial charge >= 0.3 is 5.97 Å². The Balaban J connectivity index is 1.96. The summed E-state index contributed by atoms with van der Waals surface area (Å²) in [5, 5.41) is 11.8. The Morgan fingerprint density at radius 3 is 2.62 bits per heavy atom. The van der Waals surface area contributed by atoms with Crippen LogP contribution in [-0.2, 0) is 16.0 Å². The van der Waals surface area contributed by atoms with Crippen LogP contribution in [-0.4, -0.2) is 17.0 Å². The number of carboxylic acid groups (broad SMARTS) is 1. The standard InChI is InChI=1S/C17H23NO3/c1-12(10-13-6-2-3-7-13)17(21)18-15-9-5-4-8-14(15)11-16(19)20/h4-5,8-9,12-13H,2-3,6-7,10-11H2,1H3,(H,18,21)(H,19,20). The SMILES string of the molecule is CC(CC1CCCC1)C(=O)Nc1ccccc1CC(=O)O. The third-order valence-electron chi connectivity index (χ3n) is 4.23. The van der Waals surface area contributed by atoms with E-state index in [0.717, 1.165) is 6.42 Å². The molecule has 4 nitrogen and oxygen atoms in total. The van der Waals surface area contributed by atoms with Gasteiger partial charge in [-0.2, -0.15) is 0 Å². The number of nitrogens with one attached hydrogen (secondary N) is 1. The molecule has 0 radical (unpaired) electrons. The van der Waals surface area contributed by atoms with E-state index in [2.05, 4.69) is 5.32 Å². The first kappa shape index (κ1) is 15.5. The Labute approximate surface area is 125 Å². The van der Waals surface area contributed by atoms with Crippen molar-refractivity contribution in [1.29, 1.82) is 0 Å². The van der Waals surface area contributed by atoms with Crippen molar-refractivity contribution < 1.29 is 14.7 Å². The van der Waals surface area contributed by atoms with E-state index in [1.807, 2.05) is 13.0 Å². The maximum Gasteiger partial charge on any atom is 0.307 e. The van der Waals surface area contributed by atoms with Crippen molar-refractivity contribution in [1.82, 2.24) is 0 Å². The van der Waals surface area contributed by atoms with Crippen molar-refractivity contribution >= 4 is 17.6 Å². The predicted octanol–water partition coefficient (Wildman–Crippen LogP) is 3.47. The van der Waals surface area contributed by atoms with E-state index in [1.54, 1.807) is 18.2 Å². The van der Waals surface area contributed by atoms with E-state index in [-0.39, 0.29) is 18.2 Å². The fraction of sp³-hybridized carbons (Fsp3) is 0.529. The number of carboxylic acids is 1. The highest BCUT2D eigenvalue weighted by molar-refractivity contribution is 5.93. The third kappa shape index (κ3) is 4.59. The van der Waals surface area contributed by atoms with Gasteiger partial charge in [-0.15, -0.1) is 0 Å². The summed E-state index contributed by atoms with van der Waals surface area (Å²) in [6.07, 6.45) is 5.86. The van der Waals surface area contributed by atoms with Gasteiger partial charge in [0.15, 0.2) is 0 Å². The molecule has 4 heteroatoms. The number of aliphatic carboxylic acids is 1. The Bertz CT molecular complexity index is 507. The first-order chi connectivity index (χ1) is 10.1. The van der Waals surface area contributed by atoms with Crippen molar-refractivity contribution in [2.75, 3.05) is 5.32 Å². The number of amides is 1. The topological polar surface area (TPSA) is 66.4 Å². The molecule has 1 saturated carbocycles. The van der Waals surface area contributed by atoms with Crippen LogP contribution in [0.1, 0.15) is 44.6 Å². The fourth-order valence-electron chi connectivity index (χ4n) is 3.07. The van der Waals surface area contributed by atoms with E-state index < -0.39 is 5.97 Å². The first-order valence-corrected chi connectivity index (χ1v) is 7.67. The molecule has 1 aromatic carbocycles. The molecule has 0 bridgehead atoms. The second-order valence-electron chi connectivity index (χ2n) is 6.00. The number of anilines is 1. The van der Waals surface area contributed by atoms with Gasteiger partial charge < -0.3 is 10.4 Å². The highest BCUT2D eigenvalue weighted by Gasteiger charge is 2.22. The molecule has 0 aromatic heterocycles. The molecule has 0 heterocycles. The Hall–Kier alpha value is -1.84. The van der Waals surface area contributed by atoms with Gasteiger partial charge in [0.1, 0.15) is 0 Å². The molecular weight excluding hydrogens is 266 g/mol. The lowest BCUT2D eigenvalue weighted by molar-refractivity contribution is -0.136. The molecule has 0 aliphatic heterocycles. The van der Waals surface area contributed by atoms with Crippen LogP contribution in [0.5, 0.6) is 0 Å². The number of rotatable bonds is 6. The number of carbonyl (C=O) groups is 2. The molecule has 1 amide bonds. The van der Waals surface area contributed by atoms with Gasteiger partial charge in [-0.1, -0.05) is 50.8 Å². The summed E-state index contributed by atoms with van der Waals surface area (Å²) in [5.41, 5.74) is 1.26. The Kier molecular flexibility index (Phi) is 5.37. The zero-order valence-corrected chi connectivity index (χ0v) is 12.5. The summed E-state index contributed by atoms with van der Waals surface area (Å²) < 4.78 is 0. The number of carbonyl (C=O) groups excluding carboxylic acids is 1. The molecule has 0 spiro atoms. The molecular formula is C17H23NO3. The van der Waals surface area contributed by atoms with Crippen LogP contribution in [0.4, 0.5) is 5.69 Å². The molecule has 2 rings (SSSR count). The van der Waals surface area contributed by atoms with Crippen LogP contribution in [0.2, 0.25) is 0 Å². The quantitative estimate of drug-likeness (QED) is 0.842. The average Bonchev–Trinajstić information content (AvgIpc) is 2.93. The second-order valence-corrected chi connectivity index (χ2v) is 6.00. The van der Waals surface area contributed by atoms with Crippen molar-refractivity contribution in [2.45, 2.75) is 45.4 Å². The fourth-order valence-corrected chi connectivity index (χ4v) is 3.07. The van der Waals surface area contributed by atoms with Gasteiger partial charge in [0.25, 0.3) is 0 Å². The van der Waals surface area contributed by atoms with E-state index in [4.69, 9.17) is 5.11 Å². The van der Waals surface area contributed by atoms with Crippen molar-refractivity contribution in [3.8, 4) is 0 Å². The van der Waals surface area contributed by atoms with Crippen LogP contribution in [0.3, 0.4) is 0 Å². The zero-order valence-electron chi connectivity index (χ0n) is 12.5. The van der Waals surface area contributed by atoms with Crippen LogP contribution < -0.4 is 5.32 Å². The molecule has 2 N–H and O–H groups in total. The number of hydrogen-bond acceptors (Lipinski definition) is 2.